The molecule has 3 nitrogen and oxygen atoms in total. The van der Waals surface area contributed by atoms with E-state index in [9.17, 15) is 18.0 Å². The Morgan fingerprint density at radius 1 is 1.19 bits per heavy atom. The van der Waals surface area contributed by atoms with Crippen molar-refractivity contribution in [3.8, 4) is 0 Å². The van der Waals surface area contributed by atoms with Gasteiger partial charge in [-0.15, -0.1) is 0 Å². The largest absolute Gasteiger partial charge is 0.417 e. The van der Waals surface area contributed by atoms with Crippen molar-refractivity contribution >= 4 is 34.1 Å². The van der Waals surface area contributed by atoms with Gasteiger partial charge in [-0.25, -0.2) is 0 Å². The molecule has 1 N–H and O–H groups in total. The molecule has 0 saturated carbocycles. The predicted molar refractivity (Wildman–Crippen MR) is 96.8 cm³/mol. The fraction of sp³-hybridized carbons (Fsp3) is 0.211. The van der Waals surface area contributed by atoms with E-state index in [2.05, 4.69) is 5.32 Å². The molecule has 1 aromatic heterocycles. The van der Waals surface area contributed by atoms with E-state index < -0.39 is 22.7 Å². The summed E-state index contributed by atoms with van der Waals surface area (Å²) in [5, 5.41) is 3.08. The first-order valence-corrected chi connectivity index (χ1v) is 8.37. The molecule has 0 unspecified atom stereocenters. The number of amides is 1. The molecule has 0 radical (unpaired) electrons. The summed E-state index contributed by atoms with van der Waals surface area (Å²) < 4.78 is 40.9. The number of halogens is 4. The number of nitrogens with zero attached hydrogens (tertiary/aromatic N) is 1. The van der Waals surface area contributed by atoms with Crippen molar-refractivity contribution in [2.75, 3.05) is 5.32 Å². The third kappa shape index (κ3) is 3.17. The van der Waals surface area contributed by atoms with Gasteiger partial charge in [-0.2, -0.15) is 13.2 Å². The molecule has 0 saturated heterocycles. The number of para-hydroxylation sites is 1. The lowest BCUT2D eigenvalue weighted by Gasteiger charge is -2.13. The fourth-order valence-corrected chi connectivity index (χ4v) is 3.33. The van der Waals surface area contributed by atoms with Crippen LogP contribution in [-0.4, -0.2) is 10.5 Å². The molecule has 1 heterocycles. The Morgan fingerprint density at radius 2 is 1.88 bits per heavy atom. The number of aromatic nitrogens is 1. The third-order valence-electron chi connectivity index (χ3n) is 4.28. The normalized spacial score (nSPS) is 11.8. The molecule has 3 aromatic rings. The highest BCUT2D eigenvalue weighted by Crippen LogP contribution is 2.36. The van der Waals surface area contributed by atoms with Gasteiger partial charge < -0.3 is 9.88 Å². The van der Waals surface area contributed by atoms with Crippen LogP contribution in [0.25, 0.3) is 10.9 Å². The Hall–Kier alpha value is -2.47. The van der Waals surface area contributed by atoms with E-state index in [0.717, 1.165) is 28.6 Å². The summed E-state index contributed by atoms with van der Waals surface area (Å²) in [5.74, 6) is -0.462. The minimum atomic E-state index is -4.59. The molecule has 3 rings (SSSR count). The minimum Gasteiger partial charge on any atom is -0.337 e. The molecule has 0 aliphatic heterocycles. The van der Waals surface area contributed by atoms with Gasteiger partial charge in [-0.05, 0) is 43.7 Å². The number of rotatable bonds is 3. The number of carbonyl (C=O) groups is 1. The molecule has 136 valence electrons. The van der Waals surface area contributed by atoms with Crippen molar-refractivity contribution in [3.05, 3.63) is 64.3 Å². The highest BCUT2D eigenvalue weighted by atomic mass is 35.5. The van der Waals surface area contributed by atoms with Crippen LogP contribution in [0.2, 0.25) is 5.02 Å². The summed E-state index contributed by atoms with van der Waals surface area (Å²) in [6, 6.07) is 10.9. The number of alkyl halides is 3. The Kier molecular flexibility index (Phi) is 4.71. The first-order chi connectivity index (χ1) is 12.2. The van der Waals surface area contributed by atoms with E-state index in [1.54, 1.807) is 0 Å². The lowest BCUT2D eigenvalue weighted by atomic mass is 10.1. The van der Waals surface area contributed by atoms with Gasteiger partial charge in [-0.3, -0.25) is 4.79 Å². The molecule has 1 amide bonds. The highest BCUT2D eigenvalue weighted by molar-refractivity contribution is 6.31. The Labute approximate surface area is 153 Å². The first-order valence-electron chi connectivity index (χ1n) is 8.00. The van der Waals surface area contributed by atoms with E-state index >= 15 is 0 Å². The first kappa shape index (κ1) is 18.3. The SMILES string of the molecule is CCn1c(C(=O)Nc2ccc(Cl)c(C(F)(F)F)c2)c(C)c2ccccc21. The molecule has 0 aliphatic carbocycles. The van der Waals surface area contributed by atoms with Gasteiger partial charge in [0.25, 0.3) is 5.91 Å². The van der Waals surface area contributed by atoms with Crippen LogP contribution < -0.4 is 5.32 Å². The van der Waals surface area contributed by atoms with Gasteiger partial charge in [0, 0.05) is 23.1 Å². The summed E-state index contributed by atoms with van der Waals surface area (Å²) in [4.78, 5) is 12.8. The molecule has 7 heteroatoms. The zero-order valence-electron chi connectivity index (χ0n) is 14.1. The average Bonchev–Trinajstić information content (AvgIpc) is 2.88. The van der Waals surface area contributed by atoms with Crippen molar-refractivity contribution < 1.29 is 18.0 Å². The Balaban J connectivity index is 2.02. The third-order valence-corrected chi connectivity index (χ3v) is 4.61. The Morgan fingerprint density at radius 3 is 2.54 bits per heavy atom. The topological polar surface area (TPSA) is 34.0 Å². The summed E-state index contributed by atoms with van der Waals surface area (Å²) >= 11 is 5.62. The van der Waals surface area contributed by atoms with E-state index in [1.807, 2.05) is 42.7 Å². The van der Waals surface area contributed by atoms with Gasteiger partial charge >= 0.3 is 6.18 Å². The smallest absolute Gasteiger partial charge is 0.337 e. The minimum absolute atomic E-state index is 0.0408. The fourth-order valence-electron chi connectivity index (χ4n) is 3.11. The van der Waals surface area contributed by atoms with Gasteiger partial charge in [0.05, 0.1) is 10.6 Å². The van der Waals surface area contributed by atoms with Crippen LogP contribution in [0, 0.1) is 6.92 Å². The van der Waals surface area contributed by atoms with Crippen LogP contribution in [0.4, 0.5) is 18.9 Å². The van der Waals surface area contributed by atoms with Gasteiger partial charge in [0.2, 0.25) is 0 Å². The maximum Gasteiger partial charge on any atom is 0.417 e. The van der Waals surface area contributed by atoms with E-state index in [1.165, 1.54) is 6.07 Å². The predicted octanol–water partition coefficient (Wildman–Crippen LogP) is 5.89. The second-order valence-corrected chi connectivity index (χ2v) is 6.29. The maximum absolute atomic E-state index is 13.0. The molecule has 0 spiro atoms. The van der Waals surface area contributed by atoms with Crippen LogP contribution in [0.1, 0.15) is 28.5 Å². The number of hydrogen-bond donors (Lipinski definition) is 1. The second kappa shape index (κ2) is 6.68. The quantitative estimate of drug-likeness (QED) is 0.603. The molecule has 2 aromatic carbocycles. The van der Waals surface area contributed by atoms with Crippen LogP contribution in [0.5, 0.6) is 0 Å². The summed E-state index contributed by atoms with van der Waals surface area (Å²) in [5.41, 5.74) is 1.18. The van der Waals surface area contributed by atoms with Gasteiger partial charge in [0.1, 0.15) is 5.69 Å². The number of hydrogen-bond acceptors (Lipinski definition) is 1. The Bertz CT molecular complexity index is 992. The number of benzene rings is 2. The average molecular weight is 381 g/mol. The van der Waals surface area contributed by atoms with Crippen molar-refractivity contribution in [2.24, 2.45) is 0 Å². The van der Waals surface area contributed by atoms with Crippen molar-refractivity contribution in [2.45, 2.75) is 26.6 Å². The van der Waals surface area contributed by atoms with Crippen molar-refractivity contribution in [3.63, 3.8) is 0 Å². The van der Waals surface area contributed by atoms with Gasteiger partial charge in [0.15, 0.2) is 0 Å². The van der Waals surface area contributed by atoms with E-state index in [4.69, 9.17) is 11.6 Å². The van der Waals surface area contributed by atoms with E-state index in [-0.39, 0.29) is 5.69 Å². The molecule has 26 heavy (non-hydrogen) atoms. The molecular weight excluding hydrogens is 365 g/mol. The van der Waals surface area contributed by atoms with Gasteiger partial charge in [-0.1, -0.05) is 29.8 Å². The summed E-state index contributed by atoms with van der Waals surface area (Å²) in [6.45, 7) is 4.30. The van der Waals surface area contributed by atoms with Crippen LogP contribution in [0.3, 0.4) is 0 Å². The molecule has 0 atom stereocenters. The molecule has 0 aliphatic rings. The number of nitrogens with one attached hydrogen (secondary N) is 1. The highest BCUT2D eigenvalue weighted by Gasteiger charge is 2.33. The maximum atomic E-state index is 13.0. The number of carbonyl (C=O) groups excluding carboxylic acids is 1. The lowest BCUT2D eigenvalue weighted by molar-refractivity contribution is -0.137. The molecule has 0 bridgehead atoms. The summed E-state index contributed by atoms with van der Waals surface area (Å²) in [6.07, 6.45) is -4.59. The zero-order valence-corrected chi connectivity index (χ0v) is 14.9. The van der Waals surface area contributed by atoms with Crippen molar-refractivity contribution in [1.29, 1.82) is 0 Å². The van der Waals surface area contributed by atoms with E-state index in [0.29, 0.717) is 12.2 Å². The van der Waals surface area contributed by atoms with Crippen molar-refractivity contribution in [1.82, 2.24) is 4.57 Å². The number of aryl methyl sites for hydroxylation is 2. The van der Waals surface area contributed by atoms with Crippen LogP contribution in [0.15, 0.2) is 42.5 Å². The monoisotopic (exact) mass is 380 g/mol. The number of anilines is 1. The number of fused-ring (bicyclic) bond motifs is 1. The van der Waals surface area contributed by atoms with Crippen LogP contribution >= 0.6 is 11.6 Å². The molecule has 0 fully saturated rings. The lowest BCUT2D eigenvalue weighted by Crippen LogP contribution is -2.18. The standard InChI is InChI=1S/C19H16ClF3N2O/c1-3-25-16-7-5-4-6-13(16)11(2)17(25)18(26)24-12-8-9-15(20)14(10-12)19(21,22)23/h4-10H,3H2,1-2H3,(H,24,26). The van der Waals surface area contributed by atoms with Crippen LogP contribution in [-0.2, 0) is 12.7 Å². The zero-order chi connectivity index (χ0) is 19.1. The summed E-state index contributed by atoms with van der Waals surface area (Å²) in [7, 11) is 0. The molecular formula is C19H16ClF3N2O. The second-order valence-electron chi connectivity index (χ2n) is 5.88.